The van der Waals surface area contributed by atoms with Crippen molar-refractivity contribution in [1.82, 2.24) is 0 Å². The lowest BCUT2D eigenvalue weighted by Gasteiger charge is -2.50. The molecule has 2 aromatic carbocycles. The number of Topliss-reactive ketones (excluding diaryl/α,β-unsaturated/α-hetero) is 1. The van der Waals surface area contributed by atoms with Crippen molar-refractivity contribution < 1.29 is 59.6 Å². The number of rotatable bonds is 3. The van der Waals surface area contributed by atoms with E-state index in [9.17, 15) is 55.2 Å². The van der Waals surface area contributed by atoms with E-state index in [0.29, 0.717) is 17.6 Å². The van der Waals surface area contributed by atoms with Gasteiger partial charge in [0.05, 0.1) is 12.2 Å². The van der Waals surface area contributed by atoms with Gasteiger partial charge in [0.25, 0.3) is 0 Å². The second-order valence-corrected chi connectivity index (χ2v) is 14.6. The molecule has 0 radical (unpaired) electrons. The molecule has 4 aliphatic rings. The van der Waals surface area contributed by atoms with Crippen LogP contribution in [0.1, 0.15) is 47.5 Å². The Kier molecular flexibility index (Phi) is 7.93. The van der Waals surface area contributed by atoms with Crippen LogP contribution in [0.4, 0.5) is 0 Å². The molecule has 0 bridgehead atoms. The van der Waals surface area contributed by atoms with Crippen molar-refractivity contribution in [2.24, 2.45) is 29.1 Å². The SMILES string of the molecule is CC(=O)O[C@@]12C[C@@H](C)[C@@]3(O)[C@@H](C=C(CO)C[C@]4(O)C(=O)C(C)=C[C@@H]34)[C@@H]1C2(C)C.O=c1c(O)c(-c2ccc(O)c(O)c2)oc2cc(O)cc(O)c12. The van der Waals surface area contributed by atoms with Gasteiger partial charge in [-0.3, -0.25) is 14.4 Å². The molecule has 7 rings (SSSR count). The van der Waals surface area contributed by atoms with E-state index in [1.54, 1.807) is 13.0 Å². The Labute approximate surface area is 286 Å². The van der Waals surface area contributed by atoms with E-state index >= 15 is 0 Å². The highest BCUT2D eigenvalue weighted by atomic mass is 16.6. The van der Waals surface area contributed by atoms with Crippen LogP contribution >= 0.6 is 0 Å². The summed E-state index contributed by atoms with van der Waals surface area (Å²) >= 11 is 0. The number of aliphatic hydroxyl groups excluding tert-OH is 1. The van der Waals surface area contributed by atoms with E-state index in [2.05, 4.69) is 0 Å². The van der Waals surface area contributed by atoms with E-state index < -0.39 is 51.3 Å². The number of benzene rings is 2. The van der Waals surface area contributed by atoms with Gasteiger partial charge < -0.3 is 50.0 Å². The first-order valence-corrected chi connectivity index (χ1v) is 16.2. The molecular formula is C37H40O13. The lowest BCUT2D eigenvalue weighted by Crippen LogP contribution is -2.61. The number of ketones is 1. The number of esters is 1. The van der Waals surface area contributed by atoms with E-state index in [-0.39, 0.29) is 75.8 Å². The summed E-state index contributed by atoms with van der Waals surface area (Å²) in [6.07, 6.45) is 4.00. The van der Waals surface area contributed by atoms with Crippen LogP contribution in [0, 0.1) is 29.1 Å². The zero-order valence-corrected chi connectivity index (χ0v) is 28.1. The second-order valence-electron chi connectivity index (χ2n) is 14.6. The Morgan fingerprint density at radius 2 is 1.66 bits per heavy atom. The maximum Gasteiger partial charge on any atom is 0.303 e. The molecule has 266 valence electrons. The minimum absolute atomic E-state index is 0.0000834. The molecule has 0 spiro atoms. The summed E-state index contributed by atoms with van der Waals surface area (Å²) in [5.74, 6) is -5.13. The standard InChI is InChI=1S/C22H30O6.C15H10O7/c1-11-6-16-20(26,18(11)25)9-14(10-23)7-15-17-19(4,5)21(17,28-13(3)24)8-12(2)22(15,16)27;16-7-4-10(19)12-11(5-7)22-15(14(21)13(12)20)6-1-2-8(17)9(18)3-6/h6-7,12,15-17,23,26-27H,8-10H2,1-5H3;1-5,16-19,21H/t12-,15+,16-,17-,20-,21+,22-;/m1./s1. The van der Waals surface area contributed by atoms with Gasteiger partial charge in [-0.15, -0.1) is 0 Å². The third-order valence-corrected chi connectivity index (χ3v) is 11.4. The van der Waals surface area contributed by atoms with Gasteiger partial charge in [-0.2, -0.15) is 0 Å². The predicted octanol–water partition coefficient (Wildman–Crippen LogP) is 3.52. The van der Waals surface area contributed by atoms with Crippen molar-refractivity contribution in [2.75, 3.05) is 6.61 Å². The number of hydrogen-bond donors (Lipinski definition) is 8. The summed E-state index contributed by atoms with van der Waals surface area (Å²) in [4.78, 5) is 36.8. The fraction of sp³-hybridized carbons (Fsp3) is 0.432. The first-order chi connectivity index (χ1) is 23.2. The second kappa shape index (κ2) is 11.3. The summed E-state index contributed by atoms with van der Waals surface area (Å²) in [6.45, 7) is 8.72. The molecule has 1 aromatic heterocycles. The minimum atomic E-state index is -1.75. The van der Waals surface area contributed by atoms with Gasteiger partial charge in [0, 0.05) is 54.2 Å². The molecule has 0 unspecified atom stereocenters. The average Bonchev–Trinajstić information content (AvgIpc) is 3.43. The average molecular weight is 693 g/mol. The molecule has 2 fully saturated rings. The lowest BCUT2D eigenvalue weighted by molar-refractivity contribution is -0.186. The van der Waals surface area contributed by atoms with Gasteiger partial charge in [0.2, 0.25) is 11.2 Å². The number of carbonyl (C=O) groups is 2. The molecule has 3 aromatic rings. The smallest absolute Gasteiger partial charge is 0.303 e. The molecule has 4 aliphatic carbocycles. The van der Waals surface area contributed by atoms with Gasteiger partial charge in [0.1, 0.15) is 33.7 Å². The number of carbonyl (C=O) groups excluding carboxylic acids is 2. The monoisotopic (exact) mass is 692 g/mol. The van der Waals surface area contributed by atoms with Crippen molar-refractivity contribution >= 4 is 22.7 Å². The number of fused-ring (bicyclic) bond motifs is 6. The fourth-order valence-corrected chi connectivity index (χ4v) is 8.99. The first-order valence-electron chi connectivity index (χ1n) is 16.2. The number of ether oxygens (including phenoxy) is 1. The van der Waals surface area contributed by atoms with Crippen LogP contribution < -0.4 is 5.43 Å². The maximum atomic E-state index is 12.8. The summed E-state index contributed by atoms with van der Waals surface area (Å²) in [5.41, 5.74) is -4.08. The summed E-state index contributed by atoms with van der Waals surface area (Å²) in [6, 6.07) is 5.64. The number of aromatic hydroxyl groups is 5. The molecule has 7 atom stereocenters. The number of phenolic OH excluding ortho intramolecular Hbond substituents is 4. The summed E-state index contributed by atoms with van der Waals surface area (Å²) < 4.78 is 11.2. The highest BCUT2D eigenvalue weighted by Crippen LogP contribution is 2.76. The molecule has 0 amide bonds. The molecule has 0 aliphatic heterocycles. The molecule has 1 heterocycles. The maximum absolute atomic E-state index is 12.8. The molecule has 50 heavy (non-hydrogen) atoms. The molecule has 2 saturated carbocycles. The van der Waals surface area contributed by atoms with E-state index in [1.807, 2.05) is 26.8 Å². The normalized spacial score (nSPS) is 32.0. The first kappa shape index (κ1) is 35.0. The Bertz CT molecular complexity index is 2080. The molecular weight excluding hydrogens is 652 g/mol. The van der Waals surface area contributed by atoms with E-state index in [0.717, 1.165) is 24.3 Å². The zero-order valence-electron chi connectivity index (χ0n) is 28.1. The van der Waals surface area contributed by atoms with Crippen molar-refractivity contribution in [2.45, 2.75) is 64.3 Å². The van der Waals surface area contributed by atoms with Crippen LogP contribution in [0.15, 0.2) is 62.8 Å². The van der Waals surface area contributed by atoms with Gasteiger partial charge >= 0.3 is 5.97 Å². The third kappa shape index (κ3) is 4.82. The Balaban J connectivity index is 0.000000178. The Morgan fingerprint density at radius 1 is 0.980 bits per heavy atom. The third-order valence-electron chi connectivity index (χ3n) is 11.4. The van der Waals surface area contributed by atoms with Crippen LogP contribution in [0.5, 0.6) is 28.7 Å². The Morgan fingerprint density at radius 3 is 2.28 bits per heavy atom. The topological polar surface area (TPSA) is 235 Å². The van der Waals surface area contributed by atoms with Crippen molar-refractivity contribution in [3.63, 3.8) is 0 Å². The van der Waals surface area contributed by atoms with Crippen molar-refractivity contribution in [1.29, 1.82) is 0 Å². The number of phenols is 4. The van der Waals surface area contributed by atoms with Gasteiger partial charge in [-0.05, 0) is 48.6 Å². The quantitative estimate of drug-likeness (QED) is 0.112. The van der Waals surface area contributed by atoms with Crippen LogP contribution in [-0.4, -0.2) is 76.0 Å². The molecule has 0 saturated heterocycles. The van der Waals surface area contributed by atoms with Gasteiger partial charge in [-0.25, -0.2) is 0 Å². The van der Waals surface area contributed by atoms with Crippen molar-refractivity contribution in [3.8, 4) is 40.1 Å². The molecule has 13 nitrogen and oxygen atoms in total. The largest absolute Gasteiger partial charge is 0.508 e. The van der Waals surface area contributed by atoms with Crippen molar-refractivity contribution in [3.05, 3.63) is 63.9 Å². The lowest BCUT2D eigenvalue weighted by atomic mass is 9.60. The molecule has 8 N–H and O–H groups in total. The Hall–Kier alpha value is -4.85. The highest BCUT2D eigenvalue weighted by molar-refractivity contribution is 6.04. The predicted molar refractivity (Wildman–Crippen MR) is 177 cm³/mol. The number of aliphatic hydroxyl groups is 3. The van der Waals surface area contributed by atoms with Crippen LogP contribution in [-0.2, 0) is 14.3 Å². The zero-order chi connectivity index (χ0) is 36.9. The van der Waals surface area contributed by atoms with Gasteiger partial charge in [-0.1, -0.05) is 32.9 Å². The fourth-order valence-electron chi connectivity index (χ4n) is 8.99. The summed E-state index contributed by atoms with van der Waals surface area (Å²) in [5, 5.41) is 81.0. The summed E-state index contributed by atoms with van der Waals surface area (Å²) in [7, 11) is 0. The minimum Gasteiger partial charge on any atom is -0.508 e. The van der Waals surface area contributed by atoms with E-state index in [1.165, 1.54) is 13.0 Å². The molecule has 13 heteroatoms. The van der Waals surface area contributed by atoms with Crippen LogP contribution in [0.2, 0.25) is 0 Å². The van der Waals surface area contributed by atoms with Crippen LogP contribution in [0.25, 0.3) is 22.3 Å². The number of hydrogen-bond acceptors (Lipinski definition) is 13. The van der Waals surface area contributed by atoms with Crippen LogP contribution in [0.3, 0.4) is 0 Å². The van der Waals surface area contributed by atoms with E-state index in [4.69, 9.17) is 9.15 Å². The highest BCUT2D eigenvalue weighted by Gasteiger charge is 2.83. The van der Waals surface area contributed by atoms with Gasteiger partial charge in [0.15, 0.2) is 23.0 Å².